The summed E-state index contributed by atoms with van der Waals surface area (Å²) >= 11 is 0. The van der Waals surface area contributed by atoms with E-state index in [4.69, 9.17) is 5.73 Å². The van der Waals surface area contributed by atoms with Crippen LogP contribution in [0.25, 0.3) is 0 Å². The van der Waals surface area contributed by atoms with Gasteiger partial charge in [-0.05, 0) is 25.0 Å². The molecule has 0 spiro atoms. The molecule has 0 atom stereocenters. The second-order valence-electron chi connectivity index (χ2n) is 4.13. The van der Waals surface area contributed by atoms with Crippen molar-refractivity contribution in [1.82, 2.24) is 0 Å². The lowest BCUT2D eigenvalue weighted by Crippen LogP contribution is -2.36. The van der Waals surface area contributed by atoms with Gasteiger partial charge < -0.3 is 5.73 Å². The van der Waals surface area contributed by atoms with E-state index in [1.807, 2.05) is 0 Å². The molecule has 2 amide bonds. The van der Waals surface area contributed by atoms with Crippen molar-refractivity contribution in [2.75, 3.05) is 10.6 Å². The monoisotopic (exact) mass is 254 g/mol. The van der Waals surface area contributed by atoms with E-state index >= 15 is 0 Å². The fraction of sp³-hybridized carbons (Fsp3) is 0.333. The number of hydrogen-bond acceptors (Lipinski definition) is 3. The summed E-state index contributed by atoms with van der Waals surface area (Å²) in [6, 6.07) is 2.00. The predicted molar refractivity (Wildman–Crippen MR) is 61.7 cm³/mol. The average Bonchev–Trinajstić information content (AvgIpc) is 2.49. The lowest BCUT2D eigenvalue weighted by molar-refractivity contribution is -0.125. The molecule has 6 heteroatoms. The molecule has 18 heavy (non-hydrogen) atoms. The summed E-state index contributed by atoms with van der Waals surface area (Å²) in [5, 5.41) is 0. The average molecular weight is 254 g/mol. The largest absolute Gasteiger partial charge is 0.397 e. The number of carbonyl (C=O) groups excluding carboxylic acids is 2. The molecule has 2 N–H and O–H groups in total. The summed E-state index contributed by atoms with van der Waals surface area (Å²) in [6.45, 7) is 0. The third kappa shape index (κ3) is 2.05. The zero-order valence-corrected chi connectivity index (χ0v) is 9.58. The van der Waals surface area contributed by atoms with Gasteiger partial charge in [-0.1, -0.05) is 0 Å². The highest BCUT2D eigenvalue weighted by molar-refractivity contribution is 6.16. The Balaban J connectivity index is 2.55. The maximum atomic E-state index is 13.7. The van der Waals surface area contributed by atoms with Gasteiger partial charge in [0, 0.05) is 12.8 Å². The molecule has 1 aromatic rings. The van der Waals surface area contributed by atoms with Crippen molar-refractivity contribution in [2.45, 2.75) is 25.7 Å². The number of anilines is 2. The molecule has 96 valence electrons. The van der Waals surface area contributed by atoms with Crippen molar-refractivity contribution in [3.8, 4) is 0 Å². The van der Waals surface area contributed by atoms with Gasteiger partial charge in [-0.15, -0.1) is 0 Å². The van der Waals surface area contributed by atoms with Crippen LogP contribution in [0.4, 0.5) is 20.2 Å². The molecule has 4 nitrogen and oxygen atoms in total. The van der Waals surface area contributed by atoms with Gasteiger partial charge >= 0.3 is 0 Å². The second kappa shape index (κ2) is 4.72. The first kappa shape index (κ1) is 12.5. The molecule has 1 aliphatic heterocycles. The van der Waals surface area contributed by atoms with Gasteiger partial charge in [-0.25, -0.2) is 13.7 Å². The van der Waals surface area contributed by atoms with E-state index in [9.17, 15) is 18.4 Å². The number of benzene rings is 1. The predicted octanol–water partition coefficient (Wildman–Crippen LogP) is 1.98. The first-order valence-electron chi connectivity index (χ1n) is 5.61. The van der Waals surface area contributed by atoms with Crippen LogP contribution < -0.4 is 10.6 Å². The molecule has 0 bridgehead atoms. The fourth-order valence-corrected chi connectivity index (χ4v) is 1.95. The second-order valence-corrected chi connectivity index (χ2v) is 4.13. The maximum absolute atomic E-state index is 13.7. The number of halogens is 2. The van der Waals surface area contributed by atoms with Gasteiger partial charge in [-0.2, -0.15) is 0 Å². The highest BCUT2D eigenvalue weighted by Crippen LogP contribution is 2.31. The third-order valence-electron chi connectivity index (χ3n) is 2.85. The number of amides is 2. The van der Waals surface area contributed by atoms with Gasteiger partial charge in [0.2, 0.25) is 11.8 Å². The van der Waals surface area contributed by atoms with Crippen molar-refractivity contribution >= 4 is 23.2 Å². The number of nitrogens with zero attached hydrogens (tertiary/aromatic N) is 1. The summed E-state index contributed by atoms with van der Waals surface area (Å²) in [4.78, 5) is 24.3. The standard InChI is InChI=1S/C12H12F2N2O2/c13-7-5-6-8(15)12(11(7)14)16-9(17)3-1-2-4-10(16)18/h5-6H,1-4,15H2. The molecule has 0 saturated carbocycles. The van der Waals surface area contributed by atoms with Crippen molar-refractivity contribution in [3.05, 3.63) is 23.8 Å². The van der Waals surface area contributed by atoms with Crippen LogP contribution in [0, 0.1) is 11.6 Å². The van der Waals surface area contributed by atoms with Crippen LogP contribution in [0.15, 0.2) is 12.1 Å². The first-order chi connectivity index (χ1) is 8.52. The molecule has 1 aromatic carbocycles. The van der Waals surface area contributed by atoms with E-state index in [-0.39, 0.29) is 18.5 Å². The Kier molecular flexibility index (Phi) is 3.27. The van der Waals surface area contributed by atoms with Crippen molar-refractivity contribution < 1.29 is 18.4 Å². The molecule has 2 rings (SSSR count). The van der Waals surface area contributed by atoms with E-state index in [1.54, 1.807) is 0 Å². The van der Waals surface area contributed by atoms with Crippen LogP contribution in [0.1, 0.15) is 25.7 Å². The van der Waals surface area contributed by atoms with Crippen LogP contribution in [0.5, 0.6) is 0 Å². The van der Waals surface area contributed by atoms with E-state index in [2.05, 4.69) is 0 Å². The summed E-state index contributed by atoms with van der Waals surface area (Å²) in [5.41, 5.74) is 4.95. The first-order valence-corrected chi connectivity index (χ1v) is 5.61. The van der Waals surface area contributed by atoms with Gasteiger partial charge in [0.15, 0.2) is 11.6 Å². The van der Waals surface area contributed by atoms with Crippen LogP contribution in [0.2, 0.25) is 0 Å². The number of carbonyl (C=O) groups is 2. The van der Waals surface area contributed by atoms with Crippen LogP contribution in [-0.4, -0.2) is 11.8 Å². The van der Waals surface area contributed by atoms with Gasteiger partial charge in [0.05, 0.1) is 5.69 Å². The molecule has 1 saturated heterocycles. The highest BCUT2D eigenvalue weighted by atomic mass is 19.2. The Morgan fingerprint density at radius 2 is 1.61 bits per heavy atom. The number of rotatable bonds is 1. The zero-order valence-electron chi connectivity index (χ0n) is 9.58. The number of nitrogens with two attached hydrogens (primary N) is 1. The summed E-state index contributed by atoms with van der Waals surface area (Å²) in [6.07, 6.45) is 1.36. The SMILES string of the molecule is Nc1ccc(F)c(F)c1N1C(=O)CCCCC1=O. The number of imide groups is 1. The smallest absolute Gasteiger partial charge is 0.233 e. The molecule has 0 radical (unpaired) electrons. The molecule has 0 unspecified atom stereocenters. The molecule has 1 aliphatic rings. The van der Waals surface area contributed by atoms with Crippen molar-refractivity contribution in [1.29, 1.82) is 0 Å². The van der Waals surface area contributed by atoms with E-state index < -0.39 is 29.1 Å². The third-order valence-corrected chi connectivity index (χ3v) is 2.85. The minimum Gasteiger partial charge on any atom is -0.397 e. The Morgan fingerprint density at radius 3 is 2.17 bits per heavy atom. The normalized spacial score (nSPS) is 16.9. The van der Waals surface area contributed by atoms with Gasteiger partial charge in [0.25, 0.3) is 0 Å². The van der Waals surface area contributed by atoms with Crippen LogP contribution in [0.3, 0.4) is 0 Å². The molecule has 1 fully saturated rings. The topological polar surface area (TPSA) is 63.4 Å². The Labute approximate surface area is 102 Å². The lowest BCUT2D eigenvalue weighted by Gasteiger charge is -2.21. The van der Waals surface area contributed by atoms with Crippen LogP contribution in [-0.2, 0) is 9.59 Å². The maximum Gasteiger partial charge on any atom is 0.233 e. The van der Waals surface area contributed by atoms with E-state index in [0.29, 0.717) is 17.7 Å². The van der Waals surface area contributed by atoms with Crippen LogP contribution >= 0.6 is 0 Å². The Morgan fingerprint density at radius 1 is 1.06 bits per heavy atom. The quantitative estimate of drug-likeness (QED) is 0.615. The van der Waals surface area contributed by atoms with E-state index in [0.717, 1.165) is 12.1 Å². The van der Waals surface area contributed by atoms with Gasteiger partial charge in [-0.3, -0.25) is 9.59 Å². The Hall–Kier alpha value is -1.98. The molecule has 1 heterocycles. The zero-order chi connectivity index (χ0) is 13.3. The molecule has 0 aliphatic carbocycles. The van der Waals surface area contributed by atoms with Gasteiger partial charge in [0.1, 0.15) is 5.69 Å². The van der Waals surface area contributed by atoms with Crippen molar-refractivity contribution in [3.63, 3.8) is 0 Å². The molecule has 0 aromatic heterocycles. The molecular formula is C12H12F2N2O2. The fourth-order valence-electron chi connectivity index (χ4n) is 1.95. The molecular weight excluding hydrogens is 242 g/mol. The summed E-state index contributed by atoms with van der Waals surface area (Å²) < 4.78 is 26.9. The highest BCUT2D eigenvalue weighted by Gasteiger charge is 2.30. The number of hydrogen-bond donors (Lipinski definition) is 1. The minimum atomic E-state index is -1.27. The number of nitrogen functional groups attached to an aromatic ring is 1. The lowest BCUT2D eigenvalue weighted by atomic mass is 10.2. The van der Waals surface area contributed by atoms with Crippen molar-refractivity contribution in [2.24, 2.45) is 0 Å². The summed E-state index contributed by atoms with van der Waals surface area (Å²) in [5.74, 6) is -3.50. The Bertz CT molecular complexity index is 499. The van der Waals surface area contributed by atoms with E-state index in [1.165, 1.54) is 0 Å². The minimum absolute atomic E-state index is 0.126. The summed E-state index contributed by atoms with van der Waals surface area (Å²) in [7, 11) is 0.